The molecule has 1 aliphatic rings. The van der Waals surface area contributed by atoms with Crippen molar-refractivity contribution in [3.63, 3.8) is 0 Å². The first-order valence-electron chi connectivity index (χ1n) is 3.77. The molecule has 0 radical (unpaired) electrons. The van der Waals surface area contributed by atoms with Crippen molar-refractivity contribution in [3.8, 4) is 0 Å². The summed E-state index contributed by atoms with van der Waals surface area (Å²) in [6.07, 6.45) is 5.77. The zero-order chi connectivity index (χ0) is 8.32. The quantitative estimate of drug-likeness (QED) is 0.669. The largest absolute Gasteiger partial charge is 0.352 e. The average Bonchev–Trinajstić information content (AvgIpc) is 1.86. The maximum Gasteiger partial charge on any atom is 0.312 e. The van der Waals surface area contributed by atoms with Crippen LogP contribution in [-0.2, 0) is 0 Å². The van der Waals surface area contributed by atoms with E-state index in [1.807, 2.05) is 11.8 Å². The van der Waals surface area contributed by atoms with Crippen LogP contribution in [-0.4, -0.2) is 23.6 Å². The molecule has 0 bridgehead atoms. The minimum atomic E-state index is -0.412. The normalized spacial score (nSPS) is 20.5. The number of amides is 2. The number of carbonyl (C=O) groups is 1. The van der Waals surface area contributed by atoms with Gasteiger partial charge < -0.3 is 11.1 Å². The van der Waals surface area contributed by atoms with E-state index in [-0.39, 0.29) is 0 Å². The molecule has 1 saturated carbocycles. The summed E-state index contributed by atoms with van der Waals surface area (Å²) in [5.74, 6) is 0. The standard InChI is InChI=1S/C7H14N2OS/c1-11-7(3-2-4-7)5-9-6(8)10/h2-5H2,1H3,(H3,8,9,10). The third-order valence-corrected chi connectivity index (χ3v) is 3.70. The van der Waals surface area contributed by atoms with E-state index >= 15 is 0 Å². The first kappa shape index (κ1) is 8.71. The first-order valence-corrected chi connectivity index (χ1v) is 4.99. The van der Waals surface area contributed by atoms with E-state index in [1.54, 1.807) is 0 Å². The van der Waals surface area contributed by atoms with Crippen LogP contribution in [0, 0.1) is 0 Å². The van der Waals surface area contributed by atoms with Gasteiger partial charge in [-0.15, -0.1) is 0 Å². The molecule has 11 heavy (non-hydrogen) atoms. The van der Waals surface area contributed by atoms with E-state index < -0.39 is 6.03 Å². The Morgan fingerprint density at radius 2 is 2.36 bits per heavy atom. The number of urea groups is 1. The Balaban J connectivity index is 2.27. The predicted octanol–water partition coefficient (Wildman–Crippen LogP) is 0.940. The van der Waals surface area contributed by atoms with Crippen LogP contribution in [0.25, 0.3) is 0 Å². The van der Waals surface area contributed by atoms with E-state index in [0.29, 0.717) is 4.75 Å². The van der Waals surface area contributed by atoms with Crippen molar-refractivity contribution in [3.05, 3.63) is 0 Å². The van der Waals surface area contributed by atoms with Gasteiger partial charge >= 0.3 is 6.03 Å². The molecule has 0 saturated heterocycles. The third-order valence-electron chi connectivity index (χ3n) is 2.28. The molecule has 0 atom stereocenters. The van der Waals surface area contributed by atoms with Crippen LogP contribution in [0.4, 0.5) is 4.79 Å². The van der Waals surface area contributed by atoms with E-state index in [0.717, 1.165) is 6.54 Å². The smallest absolute Gasteiger partial charge is 0.312 e. The monoisotopic (exact) mass is 174 g/mol. The highest BCUT2D eigenvalue weighted by Gasteiger charge is 2.35. The van der Waals surface area contributed by atoms with Crippen LogP contribution < -0.4 is 11.1 Å². The summed E-state index contributed by atoms with van der Waals surface area (Å²) in [4.78, 5) is 10.4. The number of primary amides is 1. The second-order valence-corrected chi connectivity index (χ2v) is 4.23. The van der Waals surface area contributed by atoms with Crippen molar-refractivity contribution in [1.29, 1.82) is 0 Å². The Labute approximate surface area is 71.1 Å². The molecule has 4 heteroatoms. The van der Waals surface area contributed by atoms with Crippen molar-refractivity contribution in [2.24, 2.45) is 5.73 Å². The second-order valence-electron chi connectivity index (χ2n) is 2.96. The van der Waals surface area contributed by atoms with Gasteiger partial charge in [-0.3, -0.25) is 0 Å². The van der Waals surface area contributed by atoms with Gasteiger partial charge in [0.2, 0.25) is 0 Å². The molecule has 0 spiro atoms. The summed E-state index contributed by atoms with van der Waals surface area (Å²) in [6.45, 7) is 0.726. The van der Waals surface area contributed by atoms with Gasteiger partial charge in [0, 0.05) is 11.3 Å². The van der Waals surface area contributed by atoms with Gasteiger partial charge in [-0.05, 0) is 19.1 Å². The number of hydrogen-bond donors (Lipinski definition) is 2. The maximum atomic E-state index is 10.4. The molecular weight excluding hydrogens is 160 g/mol. The summed E-state index contributed by atoms with van der Waals surface area (Å²) in [6, 6.07) is -0.412. The second kappa shape index (κ2) is 3.34. The van der Waals surface area contributed by atoms with Crippen molar-refractivity contribution < 1.29 is 4.79 Å². The number of nitrogens with two attached hydrogens (primary N) is 1. The SMILES string of the molecule is CSC1(CNC(N)=O)CCC1. The lowest BCUT2D eigenvalue weighted by Crippen LogP contribution is -2.46. The van der Waals surface area contributed by atoms with Gasteiger partial charge in [0.1, 0.15) is 0 Å². The van der Waals surface area contributed by atoms with E-state index in [4.69, 9.17) is 5.73 Å². The average molecular weight is 174 g/mol. The van der Waals surface area contributed by atoms with Gasteiger partial charge in [-0.1, -0.05) is 6.42 Å². The van der Waals surface area contributed by atoms with E-state index in [1.165, 1.54) is 19.3 Å². The molecule has 1 rings (SSSR count). The summed E-state index contributed by atoms with van der Waals surface area (Å²) >= 11 is 1.83. The molecule has 0 aromatic carbocycles. The minimum Gasteiger partial charge on any atom is -0.352 e. The maximum absolute atomic E-state index is 10.4. The van der Waals surface area contributed by atoms with Gasteiger partial charge in [0.15, 0.2) is 0 Å². The Bertz CT molecular complexity index is 151. The van der Waals surface area contributed by atoms with Crippen LogP contribution >= 0.6 is 11.8 Å². The number of hydrogen-bond acceptors (Lipinski definition) is 2. The molecule has 1 aliphatic carbocycles. The van der Waals surface area contributed by atoms with Gasteiger partial charge in [-0.25, -0.2) is 4.79 Å². The number of rotatable bonds is 3. The van der Waals surface area contributed by atoms with Crippen molar-refractivity contribution in [2.45, 2.75) is 24.0 Å². The number of thioether (sulfide) groups is 1. The van der Waals surface area contributed by atoms with Gasteiger partial charge in [-0.2, -0.15) is 11.8 Å². The summed E-state index contributed by atoms with van der Waals surface area (Å²) in [5.41, 5.74) is 4.97. The molecule has 0 aromatic rings. The minimum absolute atomic E-state index is 0.301. The van der Waals surface area contributed by atoms with E-state index in [2.05, 4.69) is 11.6 Å². The number of carbonyl (C=O) groups excluding carboxylic acids is 1. The molecule has 3 N–H and O–H groups in total. The fourth-order valence-corrected chi connectivity index (χ4v) is 2.19. The molecule has 0 heterocycles. The molecule has 3 nitrogen and oxygen atoms in total. The van der Waals surface area contributed by atoms with Gasteiger partial charge in [0.05, 0.1) is 0 Å². The molecular formula is C7H14N2OS. The molecule has 64 valence electrons. The summed E-state index contributed by atoms with van der Waals surface area (Å²) in [7, 11) is 0. The first-order chi connectivity index (χ1) is 5.18. The Morgan fingerprint density at radius 3 is 2.64 bits per heavy atom. The van der Waals surface area contributed by atoms with E-state index in [9.17, 15) is 4.79 Å². The Hall–Kier alpha value is -0.380. The predicted molar refractivity (Wildman–Crippen MR) is 47.7 cm³/mol. The highest BCUT2D eigenvalue weighted by atomic mass is 32.2. The summed E-state index contributed by atoms with van der Waals surface area (Å²) in [5, 5.41) is 2.66. The lowest BCUT2D eigenvalue weighted by molar-refractivity contribution is 0.244. The van der Waals surface area contributed by atoms with Crippen LogP contribution in [0.5, 0.6) is 0 Å². The summed E-state index contributed by atoms with van der Waals surface area (Å²) < 4.78 is 0.301. The zero-order valence-electron chi connectivity index (χ0n) is 6.72. The lowest BCUT2D eigenvalue weighted by Gasteiger charge is -2.40. The molecule has 0 aliphatic heterocycles. The molecule has 0 unspecified atom stereocenters. The third kappa shape index (κ3) is 2.02. The van der Waals surface area contributed by atoms with Gasteiger partial charge in [0.25, 0.3) is 0 Å². The van der Waals surface area contributed by atoms with Crippen molar-refractivity contribution >= 4 is 17.8 Å². The topological polar surface area (TPSA) is 55.1 Å². The van der Waals surface area contributed by atoms with Crippen LogP contribution in [0.1, 0.15) is 19.3 Å². The van der Waals surface area contributed by atoms with Crippen LogP contribution in [0.2, 0.25) is 0 Å². The van der Waals surface area contributed by atoms with Crippen LogP contribution in [0.15, 0.2) is 0 Å². The zero-order valence-corrected chi connectivity index (χ0v) is 7.54. The fourth-order valence-electron chi connectivity index (χ4n) is 1.27. The Kier molecular flexibility index (Phi) is 2.65. The fraction of sp³-hybridized carbons (Fsp3) is 0.857. The Morgan fingerprint density at radius 1 is 1.73 bits per heavy atom. The lowest BCUT2D eigenvalue weighted by atomic mass is 9.84. The van der Waals surface area contributed by atoms with Crippen molar-refractivity contribution in [1.82, 2.24) is 5.32 Å². The molecule has 1 fully saturated rings. The number of nitrogens with one attached hydrogen (secondary N) is 1. The van der Waals surface area contributed by atoms with Crippen LogP contribution in [0.3, 0.4) is 0 Å². The molecule has 0 aromatic heterocycles. The highest BCUT2D eigenvalue weighted by Crippen LogP contribution is 2.41. The highest BCUT2D eigenvalue weighted by molar-refractivity contribution is 8.00. The molecule has 2 amide bonds. The van der Waals surface area contributed by atoms with Crippen molar-refractivity contribution in [2.75, 3.05) is 12.8 Å².